The molecule has 0 saturated heterocycles. The number of aromatic amines is 1. The van der Waals surface area contributed by atoms with E-state index in [0.717, 1.165) is 29.1 Å². The smallest absolute Gasteiger partial charge is 0.316 e. The molecular formula is C14H14N4O2S. The summed E-state index contributed by atoms with van der Waals surface area (Å²) in [5.41, 5.74) is 3.53. The zero-order valence-electron chi connectivity index (χ0n) is 11.6. The van der Waals surface area contributed by atoms with Crippen molar-refractivity contribution in [2.45, 2.75) is 30.7 Å². The normalized spacial score (nSPS) is 12.9. The van der Waals surface area contributed by atoms with Crippen molar-refractivity contribution >= 4 is 39.8 Å². The van der Waals surface area contributed by atoms with Crippen LogP contribution >= 0.6 is 11.8 Å². The van der Waals surface area contributed by atoms with Gasteiger partial charge in [-0.2, -0.15) is 0 Å². The molecule has 0 amide bonds. The van der Waals surface area contributed by atoms with Crippen molar-refractivity contribution in [2.75, 3.05) is 0 Å². The van der Waals surface area contributed by atoms with Crippen molar-refractivity contribution in [3.05, 3.63) is 23.8 Å². The Morgan fingerprint density at radius 3 is 2.95 bits per heavy atom. The van der Waals surface area contributed by atoms with Crippen LogP contribution in [-0.2, 0) is 11.2 Å². The number of hydrogen-bond donors (Lipinski definition) is 2. The van der Waals surface area contributed by atoms with Crippen molar-refractivity contribution in [1.82, 2.24) is 20.2 Å². The minimum atomic E-state index is -0.895. The molecule has 0 spiro atoms. The summed E-state index contributed by atoms with van der Waals surface area (Å²) < 4.78 is 0. The number of aliphatic carboxylic acids is 1. The molecule has 0 unspecified atom stereocenters. The maximum Gasteiger partial charge on any atom is 0.316 e. The number of nitrogens with one attached hydrogen (secondary N) is 1. The number of carboxylic acids is 1. The molecule has 0 saturated carbocycles. The summed E-state index contributed by atoms with van der Waals surface area (Å²) in [6, 6.07) is 6.15. The maximum absolute atomic E-state index is 10.9. The number of carboxylic acid groups (broad SMARTS) is 1. The lowest BCUT2D eigenvalue weighted by atomic mass is 10.1. The summed E-state index contributed by atoms with van der Waals surface area (Å²) in [5.74, 6) is -0.895. The molecule has 3 rings (SSSR count). The van der Waals surface area contributed by atoms with Gasteiger partial charge in [0.2, 0.25) is 5.16 Å². The van der Waals surface area contributed by atoms with Gasteiger partial charge in [0.05, 0.1) is 0 Å². The molecular weight excluding hydrogens is 288 g/mol. The zero-order chi connectivity index (χ0) is 15.0. The number of aromatic nitrogens is 4. The lowest BCUT2D eigenvalue weighted by molar-refractivity contribution is -0.136. The van der Waals surface area contributed by atoms with Crippen LogP contribution in [0.2, 0.25) is 0 Å². The fourth-order valence-electron chi connectivity index (χ4n) is 2.08. The van der Waals surface area contributed by atoms with Crippen molar-refractivity contribution in [1.29, 1.82) is 0 Å². The average molecular weight is 302 g/mol. The van der Waals surface area contributed by atoms with Crippen LogP contribution in [0.3, 0.4) is 0 Å². The Morgan fingerprint density at radius 1 is 1.43 bits per heavy atom. The summed E-state index contributed by atoms with van der Waals surface area (Å²) in [6.45, 7) is 3.70. The first-order valence-corrected chi connectivity index (χ1v) is 7.51. The lowest BCUT2D eigenvalue weighted by Gasteiger charge is -2.02. The Morgan fingerprint density at radius 2 is 2.24 bits per heavy atom. The van der Waals surface area contributed by atoms with E-state index in [4.69, 9.17) is 5.11 Å². The minimum absolute atomic E-state index is 0.361. The van der Waals surface area contributed by atoms with Gasteiger partial charge in [0.15, 0.2) is 5.65 Å². The van der Waals surface area contributed by atoms with Gasteiger partial charge in [-0.15, -0.1) is 10.2 Å². The van der Waals surface area contributed by atoms with Gasteiger partial charge >= 0.3 is 5.97 Å². The topological polar surface area (TPSA) is 91.8 Å². The second kappa shape index (κ2) is 5.33. The standard InChI is InChI=1S/C14H14N4O2S/c1-3-8-4-5-10-9(6-8)11-12(15-10)16-14(18-17-11)21-7(2)13(19)20/h4-7H,3H2,1-2H3,(H,19,20)(H,15,16,18)/t7-/m0/s1. The van der Waals surface area contributed by atoms with Crippen molar-refractivity contribution in [3.63, 3.8) is 0 Å². The predicted molar refractivity (Wildman–Crippen MR) is 81.5 cm³/mol. The van der Waals surface area contributed by atoms with E-state index in [1.165, 1.54) is 5.56 Å². The molecule has 1 aromatic carbocycles. The van der Waals surface area contributed by atoms with Gasteiger partial charge in [0.1, 0.15) is 10.8 Å². The third-order valence-corrected chi connectivity index (χ3v) is 4.24. The van der Waals surface area contributed by atoms with Gasteiger partial charge in [-0.05, 0) is 31.0 Å². The molecule has 7 heteroatoms. The Hall–Kier alpha value is -2.15. The Labute approximate surface area is 125 Å². The highest BCUT2D eigenvalue weighted by Gasteiger charge is 2.16. The van der Waals surface area contributed by atoms with Gasteiger partial charge in [-0.25, -0.2) is 4.98 Å². The van der Waals surface area contributed by atoms with Crippen molar-refractivity contribution in [3.8, 4) is 0 Å². The summed E-state index contributed by atoms with van der Waals surface area (Å²) >= 11 is 1.08. The molecule has 2 aromatic heterocycles. The number of carbonyl (C=O) groups is 1. The Bertz CT molecular complexity index is 830. The quantitative estimate of drug-likeness (QED) is 0.720. The van der Waals surface area contributed by atoms with Crippen LogP contribution in [-0.4, -0.2) is 36.5 Å². The summed E-state index contributed by atoms with van der Waals surface area (Å²) in [5, 5.41) is 17.9. The van der Waals surface area contributed by atoms with E-state index in [1.807, 2.05) is 6.07 Å². The molecule has 1 atom stereocenters. The number of benzene rings is 1. The van der Waals surface area contributed by atoms with Gasteiger partial charge in [-0.3, -0.25) is 4.79 Å². The number of H-pyrrole nitrogens is 1. The van der Waals surface area contributed by atoms with Crippen LogP contribution in [0.4, 0.5) is 0 Å². The molecule has 0 bridgehead atoms. The van der Waals surface area contributed by atoms with Crippen LogP contribution in [0.5, 0.6) is 0 Å². The summed E-state index contributed by atoms with van der Waals surface area (Å²) in [6.07, 6.45) is 0.952. The van der Waals surface area contributed by atoms with Gasteiger partial charge in [0.25, 0.3) is 0 Å². The number of aryl methyl sites for hydroxylation is 1. The molecule has 2 N–H and O–H groups in total. The molecule has 2 heterocycles. The Kier molecular flexibility index (Phi) is 3.50. The third-order valence-electron chi connectivity index (χ3n) is 3.30. The second-order valence-corrected chi connectivity index (χ2v) is 6.06. The molecule has 108 valence electrons. The van der Waals surface area contributed by atoms with E-state index in [9.17, 15) is 4.79 Å². The Balaban J connectivity index is 2.06. The van der Waals surface area contributed by atoms with Crippen molar-refractivity contribution < 1.29 is 9.90 Å². The highest BCUT2D eigenvalue weighted by atomic mass is 32.2. The molecule has 21 heavy (non-hydrogen) atoms. The van der Waals surface area contributed by atoms with E-state index < -0.39 is 11.2 Å². The van der Waals surface area contributed by atoms with E-state index in [2.05, 4.69) is 39.2 Å². The summed E-state index contributed by atoms with van der Waals surface area (Å²) in [7, 11) is 0. The number of hydrogen-bond acceptors (Lipinski definition) is 5. The molecule has 6 nitrogen and oxygen atoms in total. The molecule has 0 aliphatic rings. The van der Waals surface area contributed by atoms with Crippen LogP contribution in [0, 0.1) is 0 Å². The number of rotatable bonds is 4. The van der Waals surface area contributed by atoms with Crippen LogP contribution < -0.4 is 0 Å². The first kappa shape index (κ1) is 13.8. The van der Waals surface area contributed by atoms with Crippen LogP contribution in [0.1, 0.15) is 19.4 Å². The lowest BCUT2D eigenvalue weighted by Crippen LogP contribution is -2.12. The van der Waals surface area contributed by atoms with E-state index in [1.54, 1.807) is 6.92 Å². The zero-order valence-corrected chi connectivity index (χ0v) is 12.4. The monoisotopic (exact) mass is 302 g/mol. The fourth-order valence-corrected chi connectivity index (χ4v) is 2.73. The summed E-state index contributed by atoms with van der Waals surface area (Å²) in [4.78, 5) is 18.4. The molecule has 0 fully saturated rings. The van der Waals surface area contributed by atoms with Crippen LogP contribution in [0.25, 0.3) is 22.1 Å². The second-order valence-electron chi connectivity index (χ2n) is 4.75. The third kappa shape index (κ3) is 2.56. The minimum Gasteiger partial charge on any atom is -0.480 e. The van der Waals surface area contributed by atoms with Gasteiger partial charge in [0, 0.05) is 10.9 Å². The largest absolute Gasteiger partial charge is 0.480 e. The fraction of sp³-hybridized carbons (Fsp3) is 0.286. The van der Waals surface area contributed by atoms with E-state index in [-0.39, 0.29) is 0 Å². The average Bonchev–Trinajstić information content (AvgIpc) is 2.83. The predicted octanol–water partition coefficient (Wildman–Crippen LogP) is 2.63. The first-order chi connectivity index (χ1) is 10.1. The molecule has 0 aliphatic heterocycles. The number of fused-ring (bicyclic) bond motifs is 3. The SMILES string of the molecule is CCc1ccc2[nH]c3nc(S[C@@H](C)C(=O)O)nnc3c2c1. The van der Waals surface area contributed by atoms with Crippen molar-refractivity contribution in [2.24, 2.45) is 0 Å². The molecule has 3 aromatic rings. The van der Waals surface area contributed by atoms with E-state index in [0.29, 0.717) is 16.3 Å². The number of thioether (sulfide) groups is 1. The van der Waals surface area contributed by atoms with Gasteiger partial charge in [-0.1, -0.05) is 24.8 Å². The highest BCUT2D eigenvalue weighted by molar-refractivity contribution is 8.00. The van der Waals surface area contributed by atoms with E-state index >= 15 is 0 Å². The maximum atomic E-state index is 10.9. The molecule has 0 aliphatic carbocycles. The first-order valence-electron chi connectivity index (χ1n) is 6.63. The molecule has 0 radical (unpaired) electrons. The van der Waals surface area contributed by atoms with Gasteiger partial charge < -0.3 is 10.1 Å². The highest BCUT2D eigenvalue weighted by Crippen LogP contribution is 2.26. The number of nitrogens with zero attached hydrogens (tertiary/aromatic N) is 3. The van der Waals surface area contributed by atoms with Crippen LogP contribution in [0.15, 0.2) is 23.4 Å².